The lowest BCUT2D eigenvalue weighted by Gasteiger charge is -2.32. The van der Waals surface area contributed by atoms with Crippen molar-refractivity contribution in [2.24, 2.45) is 17.3 Å². The molecule has 1 nitrogen and oxygen atoms in total. The zero-order valence-corrected chi connectivity index (χ0v) is 12.4. The Morgan fingerprint density at radius 3 is 2.70 bits per heavy atom. The van der Waals surface area contributed by atoms with Crippen LogP contribution in [0, 0.1) is 23.1 Å². The number of benzene rings is 1. The molecule has 0 aromatic heterocycles. The van der Waals surface area contributed by atoms with Crippen molar-refractivity contribution in [3.8, 4) is 0 Å². The summed E-state index contributed by atoms with van der Waals surface area (Å²) < 4.78 is 13.6. The molecule has 1 N–H and O–H groups in total. The van der Waals surface area contributed by atoms with Gasteiger partial charge in [-0.25, -0.2) is 4.39 Å². The van der Waals surface area contributed by atoms with E-state index in [1.165, 1.54) is 38.2 Å². The van der Waals surface area contributed by atoms with Crippen molar-refractivity contribution in [3.05, 3.63) is 34.6 Å². The number of halogens is 2. The van der Waals surface area contributed by atoms with E-state index in [0.29, 0.717) is 10.4 Å². The van der Waals surface area contributed by atoms with Crippen molar-refractivity contribution in [1.82, 2.24) is 5.32 Å². The van der Waals surface area contributed by atoms with Crippen LogP contribution in [-0.2, 0) is 6.42 Å². The highest BCUT2D eigenvalue weighted by atomic mass is 35.5. The molecular weight excluding hydrogens is 273 g/mol. The normalized spacial score (nSPS) is 35.1. The van der Waals surface area contributed by atoms with Gasteiger partial charge in [-0.3, -0.25) is 0 Å². The Bertz CT molecular complexity index is 516. The summed E-state index contributed by atoms with van der Waals surface area (Å²) in [6.07, 6.45) is 7.58. The SMILES string of the molecule is Fc1cccc(CC2(CNC3CC3)CC3CC3C2)c1Cl. The largest absolute Gasteiger partial charge is 0.313 e. The summed E-state index contributed by atoms with van der Waals surface area (Å²) in [5, 5.41) is 4.03. The summed E-state index contributed by atoms with van der Waals surface area (Å²) in [5.41, 5.74) is 1.30. The minimum absolute atomic E-state index is 0.280. The molecule has 0 amide bonds. The van der Waals surface area contributed by atoms with Gasteiger partial charge < -0.3 is 5.32 Å². The zero-order chi connectivity index (χ0) is 13.7. The van der Waals surface area contributed by atoms with E-state index in [1.54, 1.807) is 6.07 Å². The maximum atomic E-state index is 13.6. The van der Waals surface area contributed by atoms with E-state index >= 15 is 0 Å². The van der Waals surface area contributed by atoms with Gasteiger partial charge in [-0.15, -0.1) is 0 Å². The molecule has 108 valence electrons. The number of rotatable bonds is 5. The molecule has 0 spiro atoms. The molecule has 3 saturated carbocycles. The quantitative estimate of drug-likeness (QED) is 0.858. The highest BCUT2D eigenvalue weighted by Crippen LogP contribution is 2.61. The molecule has 0 bridgehead atoms. The van der Waals surface area contributed by atoms with Gasteiger partial charge in [0.1, 0.15) is 5.82 Å². The van der Waals surface area contributed by atoms with Crippen molar-refractivity contribution in [2.45, 2.75) is 44.6 Å². The minimum Gasteiger partial charge on any atom is -0.313 e. The number of hydrogen-bond acceptors (Lipinski definition) is 1. The van der Waals surface area contributed by atoms with Crippen LogP contribution in [0.5, 0.6) is 0 Å². The molecule has 3 aliphatic carbocycles. The lowest BCUT2D eigenvalue weighted by molar-refractivity contribution is 0.247. The Morgan fingerprint density at radius 2 is 2.00 bits per heavy atom. The fourth-order valence-electron chi connectivity index (χ4n) is 4.09. The molecule has 3 fully saturated rings. The first kappa shape index (κ1) is 13.1. The molecule has 1 aromatic carbocycles. The third kappa shape index (κ3) is 2.48. The zero-order valence-electron chi connectivity index (χ0n) is 11.7. The predicted octanol–water partition coefficient (Wildman–Crippen LogP) is 4.19. The Labute approximate surface area is 124 Å². The highest BCUT2D eigenvalue weighted by Gasteiger charge is 2.53. The molecule has 2 atom stereocenters. The van der Waals surface area contributed by atoms with Gasteiger partial charge in [-0.05, 0) is 67.4 Å². The highest BCUT2D eigenvalue weighted by molar-refractivity contribution is 6.31. The third-order valence-corrected chi connectivity index (χ3v) is 5.82. The molecule has 0 heterocycles. The van der Waals surface area contributed by atoms with Gasteiger partial charge in [0, 0.05) is 12.6 Å². The van der Waals surface area contributed by atoms with Crippen LogP contribution in [0.4, 0.5) is 4.39 Å². The predicted molar refractivity (Wildman–Crippen MR) is 79.4 cm³/mol. The Kier molecular flexibility index (Phi) is 3.08. The van der Waals surface area contributed by atoms with Crippen LogP contribution < -0.4 is 5.32 Å². The lowest BCUT2D eigenvalue weighted by Crippen LogP contribution is -2.36. The smallest absolute Gasteiger partial charge is 0.142 e. The topological polar surface area (TPSA) is 12.0 Å². The average Bonchev–Trinajstić information content (AvgIpc) is 3.34. The summed E-state index contributed by atoms with van der Waals surface area (Å²) in [6.45, 7) is 1.08. The van der Waals surface area contributed by atoms with Crippen molar-refractivity contribution < 1.29 is 4.39 Å². The first-order valence-electron chi connectivity index (χ1n) is 7.81. The first-order valence-corrected chi connectivity index (χ1v) is 8.19. The van der Waals surface area contributed by atoms with Gasteiger partial charge in [0.15, 0.2) is 0 Å². The van der Waals surface area contributed by atoms with Crippen LogP contribution in [0.3, 0.4) is 0 Å². The van der Waals surface area contributed by atoms with Gasteiger partial charge in [0.05, 0.1) is 5.02 Å². The third-order valence-electron chi connectivity index (χ3n) is 5.40. The van der Waals surface area contributed by atoms with Crippen molar-refractivity contribution >= 4 is 11.6 Å². The minimum atomic E-state index is -0.280. The first-order chi connectivity index (χ1) is 9.65. The standard InChI is InChI=1S/C17H21ClFN/c18-16-11(2-1-3-15(16)19)7-17(10-20-14-4-5-14)8-12-6-13(12)9-17/h1-3,12-14,20H,4-10H2. The summed E-state index contributed by atoms with van der Waals surface area (Å²) >= 11 is 6.16. The van der Waals surface area contributed by atoms with Crippen LogP contribution in [0.1, 0.15) is 37.7 Å². The van der Waals surface area contributed by atoms with E-state index in [0.717, 1.165) is 36.4 Å². The summed E-state index contributed by atoms with van der Waals surface area (Å²) in [7, 11) is 0. The summed E-state index contributed by atoms with van der Waals surface area (Å²) in [4.78, 5) is 0. The number of hydrogen-bond donors (Lipinski definition) is 1. The van der Waals surface area contributed by atoms with Crippen molar-refractivity contribution in [2.75, 3.05) is 6.54 Å². The van der Waals surface area contributed by atoms with Crippen LogP contribution in [-0.4, -0.2) is 12.6 Å². The lowest BCUT2D eigenvalue weighted by atomic mass is 9.77. The van der Waals surface area contributed by atoms with Gasteiger partial charge in [0.25, 0.3) is 0 Å². The molecule has 3 heteroatoms. The molecule has 1 aromatic rings. The molecular formula is C17H21ClFN. The van der Waals surface area contributed by atoms with Gasteiger partial charge >= 0.3 is 0 Å². The molecule has 0 saturated heterocycles. The van der Waals surface area contributed by atoms with Crippen LogP contribution in [0.25, 0.3) is 0 Å². The van der Waals surface area contributed by atoms with Gasteiger partial charge in [-0.1, -0.05) is 23.7 Å². The van der Waals surface area contributed by atoms with Gasteiger partial charge in [0.2, 0.25) is 0 Å². The van der Waals surface area contributed by atoms with E-state index in [2.05, 4.69) is 5.32 Å². The maximum Gasteiger partial charge on any atom is 0.142 e. The number of nitrogens with one attached hydrogen (secondary N) is 1. The Morgan fingerprint density at radius 1 is 1.25 bits per heavy atom. The van der Waals surface area contributed by atoms with Crippen molar-refractivity contribution in [3.63, 3.8) is 0 Å². The molecule has 4 rings (SSSR count). The molecule has 20 heavy (non-hydrogen) atoms. The monoisotopic (exact) mass is 293 g/mol. The van der Waals surface area contributed by atoms with Gasteiger partial charge in [-0.2, -0.15) is 0 Å². The van der Waals surface area contributed by atoms with Crippen molar-refractivity contribution in [1.29, 1.82) is 0 Å². The van der Waals surface area contributed by atoms with E-state index in [-0.39, 0.29) is 5.82 Å². The van der Waals surface area contributed by atoms with E-state index in [1.807, 2.05) is 6.07 Å². The van der Waals surface area contributed by atoms with E-state index in [9.17, 15) is 4.39 Å². The summed E-state index contributed by atoms with van der Waals surface area (Å²) in [6, 6.07) is 5.97. The summed E-state index contributed by atoms with van der Waals surface area (Å²) in [5.74, 6) is 1.59. The maximum absolute atomic E-state index is 13.6. The Hall–Kier alpha value is -0.600. The van der Waals surface area contributed by atoms with E-state index in [4.69, 9.17) is 11.6 Å². The molecule has 0 radical (unpaired) electrons. The Balaban J connectivity index is 1.53. The van der Waals surface area contributed by atoms with Crippen LogP contribution in [0.15, 0.2) is 18.2 Å². The second-order valence-electron chi connectivity index (χ2n) is 7.21. The van der Waals surface area contributed by atoms with Crippen LogP contribution in [0.2, 0.25) is 5.02 Å². The second kappa shape index (κ2) is 4.71. The fourth-order valence-corrected chi connectivity index (χ4v) is 4.29. The fraction of sp³-hybridized carbons (Fsp3) is 0.647. The second-order valence-corrected chi connectivity index (χ2v) is 7.59. The van der Waals surface area contributed by atoms with Crippen LogP contribution >= 0.6 is 11.6 Å². The molecule has 2 unspecified atom stereocenters. The molecule has 0 aliphatic heterocycles. The molecule has 3 aliphatic rings. The average molecular weight is 294 g/mol. The van der Waals surface area contributed by atoms with E-state index < -0.39 is 0 Å². The number of fused-ring (bicyclic) bond motifs is 1.